The molecule has 0 unspecified atom stereocenters. The van der Waals surface area contributed by atoms with Crippen molar-refractivity contribution < 1.29 is 9.90 Å². The van der Waals surface area contributed by atoms with E-state index in [1.807, 2.05) is 0 Å². The molecule has 0 aromatic carbocycles. The van der Waals surface area contributed by atoms with Gasteiger partial charge >= 0.3 is 35.5 Å². The van der Waals surface area contributed by atoms with E-state index in [1.165, 1.54) is 0 Å². The van der Waals surface area contributed by atoms with Crippen molar-refractivity contribution in [1.82, 2.24) is 0 Å². The number of rotatable bonds is 0. The molecule has 0 bridgehead atoms. The predicted octanol–water partition coefficient (Wildman–Crippen LogP) is 1.26. The van der Waals surface area contributed by atoms with Crippen LogP contribution in [0.1, 0.15) is 0 Å². The number of halogens is 3. The predicted molar refractivity (Wildman–Crippen MR) is 44.3 cm³/mol. The van der Waals surface area contributed by atoms with Gasteiger partial charge in [0.25, 0.3) is 0 Å². The maximum absolute atomic E-state index is 9.88. The molecule has 0 aliphatic carbocycles. The third kappa shape index (κ3) is 6.04. The Labute approximate surface area is 94.1 Å². The zero-order chi connectivity index (χ0) is 6.08. The van der Waals surface area contributed by atoms with Crippen LogP contribution < -0.4 is 0 Å². The van der Waals surface area contributed by atoms with Crippen LogP contribution in [0.2, 0.25) is 0 Å². The summed E-state index contributed by atoms with van der Waals surface area (Å²) in [7, 11) is 0. The van der Waals surface area contributed by atoms with E-state index in [0.717, 1.165) is 0 Å². The van der Waals surface area contributed by atoms with Gasteiger partial charge in [-0.3, -0.25) is 0 Å². The molecule has 0 amide bonds. The number of carboxylic acid groups (broad SMARTS) is 1. The number of carboxylic acids is 1. The molecule has 0 aliphatic rings. The molecule has 8 heavy (non-hydrogen) atoms. The van der Waals surface area contributed by atoms with E-state index in [4.69, 9.17) is 5.11 Å². The van der Waals surface area contributed by atoms with E-state index in [2.05, 4.69) is 47.8 Å². The summed E-state index contributed by atoms with van der Waals surface area (Å²) in [5.41, 5.74) is 0. The summed E-state index contributed by atoms with van der Waals surface area (Å²) in [6.07, 6.45) is 0. The molecule has 0 spiro atoms. The van der Waals surface area contributed by atoms with Gasteiger partial charge in [0.2, 0.25) is 2.14 Å². The molecule has 0 heterocycles. The summed E-state index contributed by atoms with van der Waals surface area (Å²) in [5, 5.41) is 8.11. The van der Waals surface area contributed by atoms with Gasteiger partial charge < -0.3 is 5.11 Å². The Morgan fingerprint density at radius 3 is 1.50 bits per heavy atom. The summed E-state index contributed by atoms with van der Waals surface area (Å²) >= 11 is 8.33. The van der Waals surface area contributed by atoms with Crippen LogP contribution in [0.4, 0.5) is 0 Å². The zero-order valence-corrected chi connectivity index (χ0v) is 7.75. The van der Waals surface area contributed by atoms with Crippen molar-refractivity contribution in [3.8, 4) is 0 Å². The van der Waals surface area contributed by atoms with Gasteiger partial charge in [0.15, 0.2) is 0 Å². The van der Waals surface area contributed by atoms with Crippen molar-refractivity contribution in [2.45, 2.75) is 2.14 Å². The first-order valence-corrected chi connectivity index (χ1v) is 3.62. The van der Waals surface area contributed by atoms with Gasteiger partial charge in [-0.15, -0.1) is 0 Å². The summed E-state index contributed by atoms with van der Waals surface area (Å²) < 4.78 is -1.15. The van der Waals surface area contributed by atoms with Crippen molar-refractivity contribution >= 4 is 83.3 Å². The summed E-state index contributed by atoms with van der Waals surface area (Å²) in [6.45, 7) is 0. The molecule has 2 nitrogen and oxygen atoms in total. The second-order valence-corrected chi connectivity index (χ2v) is 7.56. The first kappa shape index (κ1) is 12.6. The molecule has 0 saturated heterocycles. The fourth-order valence-electron chi connectivity index (χ4n) is 0. The summed E-state index contributed by atoms with van der Waals surface area (Å²) in [5.74, 6) is -1.01. The van der Waals surface area contributed by atoms with E-state index < -0.39 is 8.11 Å². The molecule has 0 atom stereocenters. The fraction of sp³-hybridized carbons (Fsp3) is 0.500. The molecule has 0 saturated carbocycles. The standard InChI is InChI=1S/C2HBr3O2.Na.H/c3-2(4,5)1(6)7;;/h(H,6,7);;. The van der Waals surface area contributed by atoms with Gasteiger partial charge in [0, 0.05) is 0 Å². The first-order valence-electron chi connectivity index (χ1n) is 1.24. The number of hydrogen-bond donors (Lipinski definition) is 1. The van der Waals surface area contributed by atoms with Crippen molar-refractivity contribution in [3.63, 3.8) is 0 Å². The van der Waals surface area contributed by atoms with E-state index in [0.29, 0.717) is 0 Å². The Balaban J connectivity index is 0. The van der Waals surface area contributed by atoms with Gasteiger partial charge in [-0.25, -0.2) is 4.79 Å². The molecule has 0 fully saturated rings. The van der Waals surface area contributed by atoms with Gasteiger partial charge in [-0.1, -0.05) is 0 Å². The van der Waals surface area contributed by atoms with Crippen LogP contribution in [-0.2, 0) is 4.79 Å². The van der Waals surface area contributed by atoms with Crippen molar-refractivity contribution in [1.29, 1.82) is 0 Å². The third-order valence-corrected chi connectivity index (χ3v) is 1.26. The fourth-order valence-corrected chi connectivity index (χ4v) is 0. The molecular formula is C2H2Br3NaO2. The number of aliphatic carboxylic acids is 1. The second-order valence-electron chi connectivity index (χ2n) is 0.803. The monoisotopic (exact) mass is 318 g/mol. The van der Waals surface area contributed by atoms with Gasteiger partial charge in [0.1, 0.15) is 0 Å². The van der Waals surface area contributed by atoms with E-state index in [1.54, 1.807) is 0 Å². The maximum atomic E-state index is 9.88. The van der Waals surface area contributed by atoms with E-state index in [9.17, 15) is 4.79 Å². The Morgan fingerprint density at radius 1 is 1.38 bits per heavy atom. The average molecular weight is 321 g/mol. The Morgan fingerprint density at radius 2 is 1.50 bits per heavy atom. The average Bonchev–Trinajstić information content (AvgIpc) is 1.31. The Bertz CT molecular complexity index is 87.8. The minimum atomic E-state index is -1.15. The van der Waals surface area contributed by atoms with Gasteiger partial charge in [-0.2, -0.15) is 0 Å². The first-order chi connectivity index (χ1) is 2.94. The van der Waals surface area contributed by atoms with Crippen LogP contribution in [0.3, 0.4) is 0 Å². The van der Waals surface area contributed by atoms with Crippen LogP contribution in [-0.4, -0.2) is 42.8 Å². The SMILES string of the molecule is O=C(O)C(Br)(Br)Br.[NaH]. The normalized spacial score (nSPS) is 9.88. The van der Waals surface area contributed by atoms with Crippen LogP contribution in [0.15, 0.2) is 0 Å². The molecule has 44 valence electrons. The van der Waals surface area contributed by atoms with Crippen LogP contribution >= 0.6 is 47.8 Å². The number of hydrogen-bond acceptors (Lipinski definition) is 1. The molecule has 0 radical (unpaired) electrons. The van der Waals surface area contributed by atoms with E-state index in [-0.39, 0.29) is 29.6 Å². The molecule has 0 aromatic rings. The molecule has 1 N–H and O–H groups in total. The third-order valence-electron chi connectivity index (χ3n) is 0.243. The van der Waals surface area contributed by atoms with Gasteiger partial charge in [-0.05, 0) is 47.8 Å². The number of alkyl halides is 3. The van der Waals surface area contributed by atoms with Gasteiger partial charge in [0.05, 0.1) is 0 Å². The van der Waals surface area contributed by atoms with Crippen LogP contribution in [0.5, 0.6) is 0 Å². The molecule has 0 aliphatic heterocycles. The van der Waals surface area contributed by atoms with Crippen molar-refractivity contribution in [2.24, 2.45) is 0 Å². The topological polar surface area (TPSA) is 37.3 Å². The zero-order valence-electron chi connectivity index (χ0n) is 2.99. The quantitative estimate of drug-likeness (QED) is 0.539. The summed E-state index contributed by atoms with van der Waals surface area (Å²) in [4.78, 5) is 9.88. The van der Waals surface area contributed by atoms with Crippen molar-refractivity contribution in [3.05, 3.63) is 0 Å². The van der Waals surface area contributed by atoms with Crippen LogP contribution in [0.25, 0.3) is 0 Å². The Hall–Kier alpha value is 1.91. The molecule has 0 aromatic heterocycles. The summed E-state index contributed by atoms with van der Waals surface area (Å²) in [6, 6.07) is 0. The van der Waals surface area contributed by atoms with Crippen LogP contribution in [0, 0.1) is 0 Å². The van der Waals surface area contributed by atoms with E-state index >= 15 is 0 Å². The molecule has 0 rings (SSSR count). The molecular weight excluding hydrogens is 319 g/mol. The molecule has 6 heteroatoms. The Kier molecular flexibility index (Phi) is 7.36. The van der Waals surface area contributed by atoms with Crippen molar-refractivity contribution in [2.75, 3.05) is 0 Å². The second kappa shape index (κ2) is 4.68. The number of carbonyl (C=O) groups is 1. The minimum absolute atomic E-state index is 0.